The normalized spacial score (nSPS) is 16.2. The molecule has 6 nitrogen and oxygen atoms in total. The molecule has 5 rings (SSSR count). The number of para-hydroxylation sites is 1. The summed E-state index contributed by atoms with van der Waals surface area (Å²) in [5.41, 5.74) is 4.55. The predicted molar refractivity (Wildman–Crippen MR) is 128 cm³/mol. The zero-order valence-corrected chi connectivity index (χ0v) is 18.0. The Labute approximate surface area is 187 Å². The van der Waals surface area contributed by atoms with Gasteiger partial charge in [-0.3, -0.25) is 9.78 Å². The second kappa shape index (κ2) is 8.75. The Morgan fingerprint density at radius 2 is 1.84 bits per heavy atom. The predicted octanol–water partition coefficient (Wildman–Crippen LogP) is 4.86. The topological polar surface area (TPSA) is 71.0 Å². The molecule has 1 saturated heterocycles. The number of benzene rings is 2. The quantitative estimate of drug-likeness (QED) is 0.508. The number of amides is 1. The van der Waals surface area contributed by atoms with Crippen LogP contribution in [0, 0.1) is 12.8 Å². The molecule has 0 aliphatic carbocycles. The van der Waals surface area contributed by atoms with Crippen LogP contribution in [0.1, 0.15) is 18.5 Å². The third kappa shape index (κ3) is 4.17. The van der Waals surface area contributed by atoms with Gasteiger partial charge < -0.3 is 10.2 Å². The molecule has 2 aromatic heterocycles. The lowest BCUT2D eigenvalue weighted by Gasteiger charge is -2.33. The molecule has 3 heterocycles. The van der Waals surface area contributed by atoms with E-state index in [1.807, 2.05) is 73.7 Å². The van der Waals surface area contributed by atoms with E-state index in [0.29, 0.717) is 6.54 Å². The minimum atomic E-state index is -0.105. The van der Waals surface area contributed by atoms with Gasteiger partial charge in [0.2, 0.25) is 5.91 Å². The van der Waals surface area contributed by atoms with Crippen LogP contribution >= 0.6 is 0 Å². The fraction of sp³-hybridized carbons (Fsp3) is 0.231. The third-order valence-electron chi connectivity index (χ3n) is 5.94. The lowest BCUT2D eigenvalue weighted by atomic mass is 9.96. The summed E-state index contributed by atoms with van der Waals surface area (Å²) in [5, 5.41) is 4.13. The Hall–Kier alpha value is -3.80. The zero-order chi connectivity index (χ0) is 21.9. The number of anilines is 2. The van der Waals surface area contributed by atoms with Crippen molar-refractivity contribution in [3.63, 3.8) is 0 Å². The van der Waals surface area contributed by atoms with Gasteiger partial charge in [-0.1, -0.05) is 48.5 Å². The van der Waals surface area contributed by atoms with E-state index >= 15 is 0 Å². The maximum atomic E-state index is 13.2. The van der Waals surface area contributed by atoms with Crippen LogP contribution in [-0.4, -0.2) is 33.9 Å². The summed E-state index contributed by atoms with van der Waals surface area (Å²) in [6.07, 6.45) is 3.41. The molecular weight excluding hydrogens is 398 g/mol. The molecule has 1 unspecified atom stereocenters. The standard InChI is InChI=1S/C26H25N5O/c1-18-14-24(21-11-5-6-12-22(21)29-18)30-26(32)20-10-7-13-31(16-20)25-15-23(27-17-28-25)19-8-3-2-4-9-19/h2-6,8-9,11-12,14-15,17,20H,7,10,13,16H2,1H3,(H,29,30,32). The van der Waals surface area contributed by atoms with E-state index in [-0.39, 0.29) is 11.8 Å². The van der Waals surface area contributed by atoms with Gasteiger partial charge in [-0.05, 0) is 31.9 Å². The zero-order valence-electron chi connectivity index (χ0n) is 18.0. The second-order valence-electron chi connectivity index (χ2n) is 8.23. The first-order valence-electron chi connectivity index (χ1n) is 11.0. The highest BCUT2D eigenvalue weighted by Gasteiger charge is 2.27. The van der Waals surface area contributed by atoms with Gasteiger partial charge in [-0.2, -0.15) is 0 Å². The molecule has 1 atom stereocenters. The number of aryl methyl sites for hydroxylation is 1. The van der Waals surface area contributed by atoms with E-state index in [0.717, 1.165) is 58.7 Å². The van der Waals surface area contributed by atoms with E-state index in [2.05, 4.69) is 25.2 Å². The van der Waals surface area contributed by atoms with Gasteiger partial charge >= 0.3 is 0 Å². The Balaban J connectivity index is 1.34. The van der Waals surface area contributed by atoms with Crippen LogP contribution in [0.3, 0.4) is 0 Å². The molecule has 1 fully saturated rings. The summed E-state index contributed by atoms with van der Waals surface area (Å²) in [7, 11) is 0. The van der Waals surface area contributed by atoms with Crippen molar-refractivity contribution in [1.29, 1.82) is 0 Å². The summed E-state index contributed by atoms with van der Waals surface area (Å²) in [5.74, 6) is 0.801. The van der Waals surface area contributed by atoms with Crippen LogP contribution < -0.4 is 10.2 Å². The molecule has 1 N–H and O–H groups in total. The average molecular weight is 424 g/mol. The molecule has 0 saturated carbocycles. The van der Waals surface area contributed by atoms with Gasteiger partial charge in [0.15, 0.2) is 0 Å². The highest BCUT2D eigenvalue weighted by molar-refractivity contribution is 6.02. The van der Waals surface area contributed by atoms with Crippen LogP contribution in [0.4, 0.5) is 11.5 Å². The average Bonchev–Trinajstić information content (AvgIpc) is 2.84. The van der Waals surface area contributed by atoms with Gasteiger partial charge in [0.05, 0.1) is 22.8 Å². The van der Waals surface area contributed by atoms with Gasteiger partial charge in [0.25, 0.3) is 0 Å². The van der Waals surface area contributed by atoms with E-state index in [1.165, 1.54) is 0 Å². The first kappa shape index (κ1) is 20.1. The molecule has 0 spiro atoms. The lowest BCUT2D eigenvalue weighted by molar-refractivity contribution is -0.120. The number of carbonyl (C=O) groups is 1. The molecule has 1 aliphatic heterocycles. The van der Waals surface area contributed by atoms with Crippen LogP contribution in [-0.2, 0) is 4.79 Å². The summed E-state index contributed by atoms with van der Waals surface area (Å²) >= 11 is 0. The fourth-order valence-electron chi connectivity index (χ4n) is 4.33. The number of rotatable bonds is 4. The lowest BCUT2D eigenvalue weighted by Crippen LogP contribution is -2.41. The van der Waals surface area contributed by atoms with Crippen molar-refractivity contribution in [2.45, 2.75) is 19.8 Å². The third-order valence-corrected chi connectivity index (χ3v) is 5.94. The molecule has 0 bridgehead atoms. The van der Waals surface area contributed by atoms with Crippen molar-refractivity contribution in [1.82, 2.24) is 15.0 Å². The summed E-state index contributed by atoms with van der Waals surface area (Å²) in [4.78, 5) is 28.9. The highest BCUT2D eigenvalue weighted by Crippen LogP contribution is 2.27. The van der Waals surface area contributed by atoms with Crippen molar-refractivity contribution < 1.29 is 4.79 Å². The molecule has 0 radical (unpaired) electrons. The second-order valence-corrected chi connectivity index (χ2v) is 8.23. The van der Waals surface area contributed by atoms with Crippen LogP contribution in [0.5, 0.6) is 0 Å². The number of nitrogens with zero attached hydrogens (tertiary/aromatic N) is 4. The molecule has 160 valence electrons. The van der Waals surface area contributed by atoms with E-state index in [4.69, 9.17) is 0 Å². The maximum absolute atomic E-state index is 13.2. The molecule has 1 aliphatic rings. The number of fused-ring (bicyclic) bond motifs is 1. The molecule has 32 heavy (non-hydrogen) atoms. The van der Waals surface area contributed by atoms with Crippen molar-refractivity contribution in [3.8, 4) is 11.3 Å². The Morgan fingerprint density at radius 1 is 1.03 bits per heavy atom. The fourth-order valence-corrected chi connectivity index (χ4v) is 4.33. The SMILES string of the molecule is Cc1cc(NC(=O)C2CCCN(c3cc(-c4ccccc4)ncn3)C2)c2ccccc2n1. The molecule has 2 aromatic carbocycles. The van der Waals surface area contributed by atoms with Crippen LogP contribution in [0.2, 0.25) is 0 Å². The number of piperidine rings is 1. The van der Waals surface area contributed by atoms with Crippen molar-refractivity contribution in [2.24, 2.45) is 5.92 Å². The molecule has 6 heteroatoms. The Kier molecular flexibility index (Phi) is 5.50. The van der Waals surface area contributed by atoms with Crippen LogP contribution in [0.15, 0.2) is 73.1 Å². The minimum absolute atomic E-state index is 0.0443. The first-order chi connectivity index (χ1) is 15.7. The van der Waals surface area contributed by atoms with Gasteiger partial charge in [0, 0.05) is 35.8 Å². The van der Waals surface area contributed by atoms with Crippen molar-refractivity contribution in [3.05, 3.63) is 78.8 Å². The molecule has 4 aromatic rings. The number of pyridine rings is 1. The number of nitrogens with one attached hydrogen (secondary N) is 1. The van der Waals surface area contributed by atoms with Crippen LogP contribution in [0.25, 0.3) is 22.2 Å². The summed E-state index contributed by atoms with van der Waals surface area (Å²) in [6, 6.07) is 21.9. The number of carbonyl (C=O) groups excluding carboxylic acids is 1. The Morgan fingerprint density at radius 3 is 2.72 bits per heavy atom. The number of hydrogen-bond donors (Lipinski definition) is 1. The van der Waals surface area contributed by atoms with Gasteiger partial charge in [-0.15, -0.1) is 0 Å². The summed E-state index contributed by atoms with van der Waals surface area (Å²) in [6.45, 7) is 3.47. The van der Waals surface area contributed by atoms with Gasteiger partial charge in [-0.25, -0.2) is 9.97 Å². The number of hydrogen-bond acceptors (Lipinski definition) is 5. The molecule has 1 amide bonds. The first-order valence-corrected chi connectivity index (χ1v) is 11.0. The largest absolute Gasteiger partial charge is 0.356 e. The monoisotopic (exact) mass is 423 g/mol. The van der Waals surface area contributed by atoms with E-state index < -0.39 is 0 Å². The summed E-state index contributed by atoms with van der Waals surface area (Å²) < 4.78 is 0. The minimum Gasteiger partial charge on any atom is -0.356 e. The maximum Gasteiger partial charge on any atom is 0.229 e. The van der Waals surface area contributed by atoms with Crippen molar-refractivity contribution >= 4 is 28.3 Å². The number of aromatic nitrogens is 3. The van der Waals surface area contributed by atoms with E-state index in [9.17, 15) is 4.79 Å². The Bertz CT molecular complexity index is 1260. The van der Waals surface area contributed by atoms with Crippen molar-refractivity contribution in [2.75, 3.05) is 23.3 Å². The highest BCUT2D eigenvalue weighted by atomic mass is 16.1. The smallest absolute Gasteiger partial charge is 0.229 e. The van der Waals surface area contributed by atoms with Gasteiger partial charge in [0.1, 0.15) is 12.1 Å². The van der Waals surface area contributed by atoms with E-state index in [1.54, 1.807) is 6.33 Å². The molecular formula is C26H25N5O.